The van der Waals surface area contributed by atoms with Gasteiger partial charge in [-0.05, 0) is 51.8 Å². The first kappa shape index (κ1) is 15.3. The molecule has 0 saturated heterocycles. The van der Waals surface area contributed by atoms with Gasteiger partial charge in [-0.25, -0.2) is 8.42 Å². The van der Waals surface area contributed by atoms with E-state index in [0.717, 1.165) is 5.56 Å². The second-order valence-corrected chi connectivity index (χ2v) is 7.03. The lowest BCUT2D eigenvalue weighted by Crippen LogP contribution is -2.13. The monoisotopic (exact) mass is 374 g/mol. The van der Waals surface area contributed by atoms with Crippen LogP contribution in [0.15, 0.2) is 51.8 Å². The third-order valence-corrected chi connectivity index (χ3v) is 5.27. The van der Waals surface area contributed by atoms with Gasteiger partial charge in [-0.1, -0.05) is 23.7 Å². The lowest BCUT2D eigenvalue weighted by molar-refractivity contribution is 0.601. The van der Waals surface area contributed by atoms with Gasteiger partial charge >= 0.3 is 0 Å². The van der Waals surface area contributed by atoms with E-state index in [1.54, 1.807) is 24.3 Å². The summed E-state index contributed by atoms with van der Waals surface area (Å²) < 4.78 is 27.6. The van der Waals surface area contributed by atoms with Crippen molar-refractivity contribution in [3.05, 3.63) is 57.5 Å². The van der Waals surface area contributed by atoms with E-state index in [1.165, 1.54) is 18.2 Å². The van der Waals surface area contributed by atoms with Crippen LogP contribution in [-0.4, -0.2) is 8.42 Å². The molecule has 0 amide bonds. The standard InChI is InChI=1S/C13H12BrClN2O2S/c14-12-6-3-10(7-13(12)15)17-20(18,19)11-4-1-9(8-16)2-5-11/h1-7,17H,8,16H2. The highest BCUT2D eigenvalue weighted by molar-refractivity contribution is 9.10. The minimum atomic E-state index is -3.63. The highest BCUT2D eigenvalue weighted by Gasteiger charge is 2.14. The molecule has 0 aliphatic rings. The van der Waals surface area contributed by atoms with Gasteiger partial charge in [0.1, 0.15) is 0 Å². The maximum absolute atomic E-state index is 12.2. The number of hydrogen-bond acceptors (Lipinski definition) is 3. The fourth-order valence-electron chi connectivity index (χ4n) is 1.58. The van der Waals surface area contributed by atoms with Gasteiger partial charge in [0.2, 0.25) is 0 Å². The van der Waals surface area contributed by atoms with E-state index in [0.29, 0.717) is 21.7 Å². The summed E-state index contributed by atoms with van der Waals surface area (Å²) in [5.41, 5.74) is 6.75. The van der Waals surface area contributed by atoms with E-state index in [2.05, 4.69) is 20.7 Å². The summed E-state index contributed by atoms with van der Waals surface area (Å²) in [5, 5.41) is 0.434. The molecule has 0 atom stereocenters. The molecular formula is C13H12BrClN2O2S. The van der Waals surface area contributed by atoms with Gasteiger partial charge in [-0.3, -0.25) is 4.72 Å². The molecule has 4 nitrogen and oxygen atoms in total. The Hall–Kier alpha value is -1.08. The molecule has 0 saturated carbocycles. The summed E-state index contributed by atoms with van der Waals surface area (Å²) in [6.07, 6.45) is 0. The smallest absolute Gasteiger partial charge is 0.261 e. The number of hydrogen-bond donors (Lipinski definition) is 2. The first-order valence-corrected chi connectivity index (χ1v) is 8.34. The molecule has 2 aromatic carbocycles. The van der Waals surface area contributed by atoms with Crippen LogP contribution in [0.1, 0.15) is 5.56 Å². The van der Waals surface area contributed by atoms with Gasteiger partial charge in [0.05, 0.1) is 15.6 Å². The Bertz CT molecular complexity index is 718. The van der Waals surface area contributed by atoms with E-state index in [4.69, 9.17) is 17.3 Å². The second-order valence-electron chi connectivity index (χ2n) is 4.08. The van der Waals surface area contributed by atoms with E-state index in [1.807, 2.05) is 0 Å². The first-order chi connectivity index (χ1) is 9.42. The minimum absolute atomic E-state index is 0.175. The van der Waals surface area contributed by atoms with Crippen LogP contribution < -0.4 is 10.5 Å². The Balaban J connectivity index is 2.27. The van der Waals surface area contributed by atoms with Gasteiger partial charge in [-0.15, -0.1) is 0 Å². The molecule has 0 aliphatic heterocycles. The quantitative estimate of drug-likeness (QED) is 0.860. The van der Waals surface area contributed by atoms with Crippen molar-refractivity contribution in [3.8, 4) is 0 Å². The molecule has 0 aromatic heterocycles. The largest absolute Gasteiger partial charge is 0.326 e. The highest BCUT2D eigenvalue weighted by atomic mass is 79.9. The Morgan fingerprint density at radius 1 is 1.15 bits per heavy atom. The van der Waals surface area contributed by atoms with Crippen molar-refractivity contribution >= 4 is 43.2 Å². The molecule has 0 heterocycles. The molecule has 0 fully saturated rings. The number of benzene rings is 2. The van der Waals surface area contributed by atoms with Crippen LogP contribution in [0, 0.1) is 0 Å². The fourth-order valence-corrected chi connectivity index (χ4v) is 3.06. The second kappa shape index (κ2) is 6.13. The summed E-state index contributed by atoms with van der Waals surface area (Å²) >= 11 is 9.18. The number of anilines is 1. The number of nitrogens with one attached hydrogen (secondary N) is 1. The molecule has 2 rings (SSSR count). The Morgan fingerprint density at radius 3 is 2.35 bits per heavy atom. The molecular weight excluding hydrogens is 364 g/mol. The van der Waals surface area contributed by atoms with Crippen LogP contribution in [0.5, 0.6) is 0 Å². The molecule has 7 heteroatoms. The van der Waals surface area contributed by atoms with Crippen molar-refractivity contribution in [1.82, 2.24) is 0 Å². The molecule has 0 spiro atoms. The molecule has 2 aromatic rings. The zero-order valence-corrected chi connectivity index (χ0v) is 13.5. The average molecular weight is 376 g/mol. The van der Waals surface area contributed by atoms with Crippen molar-refractivity contribution in [1.29, 1.82) is 0 Å². The lowest BCUT2D eigenvalue weighted by atomic mass is 10.2. The average Bonchev–Trinajstić information content (AvgIpc) is 2.43. The van der Waals surface area contributed by atoms with Crippen molar-refractivity contribution in [2.24, 2.45) is 5.73 Å². The summed E-state index contributed by atoms with van der Waals surface area (Å²) in [4.78, 5) is 0.175. The Labute approximate surface area is 131 Å². The summed E-state index contributed by atoms with van der Waals surface area (Å²) in [5.74, 6) is 0. The van der Waals surface area contributed by atoms with Crippen LogP contribution in [0.25, 0.3) is 0 Å². The van der Waals surface area contributed by atoms with E-state index in [9.17, 15) is 8.42 Å². The molecule has 0 unspecified atom stereocenters. The molecule has 3 N–H and O–H groups in total. The van der Waals surface area contributed by atoms with Gasteiger partial charge in [-0.2, -0.15) is 0 Å². The van der Waals surface area contributed by atoms with Crippen molar-refractivity contribution < 1.29 is 8.42 Å². The SMILES string of the molecule is NCc1ccc(S(=O)(=O)Nc2ccc(Br)c(Cl)c2)cc1. The predicted octanol–water partition coefficient (Wildman–Crippen LogP) is 3.36. The minimum Gasteiger partial charge on any atom is -0.326 e. The molecule has 20 heavy (non-hydrogen) atoms. The normalized spacial score (nSPS) is 11.3. The number of halogens is 2. The maximum Gasteiger partial charge on any atom is 0.261 e. The Kier molecular flexibility index (Phi) is 4.70. The predicted molar refractivity (Wildman–Crippen MR) is 84.3 cm³/mol. The van der Waals surface area contributed by atoms with E-state index < -0.39 is 10.0 Å². The lowest BCUT2D eigenvalue weighted by Gasteiger charge is -2.09. The topological polar surface area (TPSA) is 72.2 Å². The summed E-state index contributed by atoms with van der Waals surface area (Å²) in [6, 6.07) is 11.2. The third kappa shape index (κ3) is 3.52. The van der Waals surface area contributed by atoms with Crippen LogP contribution in [-0.2, 0) is 16.6 Å². The van der Waals surface area contributed by atoms with Crippen LogP contribution in [0.4, 0.5) is 5.69 Å². The van der Waals surface area contributed by atoms with Crippen LogP contribution >= 0.6 is 27.5 Å². The highest BCUT2D eigenvalue weighted by Crippen LogP contribution is 2.26. The first-order valence-electron chi connectivity index (χ1n) is 5.69. The molecule has 0 radical (unpaired) electrons. The zero-order valence-electron chi connectivity index (χ0n) is 10.3. The number of rotatable bonds is 4. The summed E-state index contributed by atoms with van der Waals surface area (Å²) in [7, 11) is -3.63. The zero-order chi connectivity index (χ0) is 14.8. The molecule has 106 valence electrons. The van der Waals surface area contributed by atoms with E-state index >= 15 is 0 Å². The fraction of sp³-hybridized carbons (Fsp3) is 0.0769. The van der Waals surface area contributed by atoms with Gasteiger partial charge in [0.15, 0.2) is 0 Å². The Morgan fingerprint density at radius 2 is 1.80 bits per heavy atom. The third-order valence-electron chi connectivity index (χ3n) is 2.64. The van der Waals surface area contributed by atoms with Gasteiger partial charge in [0.25, 0.3) is 10.0 Å². The van der Waals surface area contributed by atoms with E-state index in [-0.39, 0.29) is 4.90 Å². The molecule has 0 bridgehead atoms. The van der Waals surface area contributed by atoms with Gasteiger partial charge in [0, 0.05) is 11.0 Å². The summed E-state index contributed by atoms with van der Waals surface area (Å²) in [6.45, 7) is 0.371. The maximum atomic E-state index is 12.2. The van der Waals surface area contributed by atoms with Crippen molar-refractivity contribution in [2.45, 2.75) is 11.4 Å². The van der Waals surface area contributed by atoms with Crippen LogP contribution in [0.3, 0.4) is 0 Å². The van der Waals surface area contributed by atoms with Crippen LogP contribution in [0.2, 0.25) is 5.02 Å². The molecule has 0 aliphatic carbocycles. The number of sulfonamides is 1. The van der Waals surface area contributed by atoms with Gasteiger partial charge < -0.3 is 5.73 Å². The van der Waals surface area contributed by atoms with Crippen molar-refractivity contribution in [3.63, 3.8) is 0 Å². The number of nitrogens with two attached hydrogens (primary N) is 1. The van der Waals surface area contributed by atoms with Crippen molar-refractivity contribution in [2.75, 3.05) is 4.72 Å².